The SMILES string of the molecule is CNC(c1csc(Br)c1)c1ccc(F)c(F)c1F. The first-order valence-electron chi connectivity index (χ1n) is 5.09. The van der Waals surface area contributed by atoms with Crippen molar-refractivity contribution in [2.75, 3.05) is 7.05 Å². The van der Waals surface area contributed by atoms with Gasteiger partial charge in [-0.3, -0.25) is 0 Å². The predicted octanol–water partition coefficient (Wildman–Crippen LogP) is 4.24. The van der Waals surface area contributed by atoms with Crippen LogP contribution in [0.4, 0.5) is 13.2 Å². The van der Waals surface area contributed by atoms with Gasteiger partial charge in [0.05, 0.1) is 9.83 Å². The van der Waals surface area contributed by atoms with Crippen molar-refractivity contribution in [3.63, 3.8) is 0 Å². The van der Waals surface area contributed by atoms with E-state index in [4.69, 9.17) is 0 Å². The van der Waals surface area contributed by atoms with E-state index < -0.39 is 23.5 Å². The third-order valence-corrected chi connectivity index (χ3v) is 4.11. The molecular formula is C12H9BrF3NS. The number of hydrogen-bond acceptors (Lipinski definition) is 2. The average molecular weight is 336 g/mol. The van der Waals surface area contributed by atoms with E-state index in [1.54, 1.807) is 7.05 Å². The monoisotopic (exact) mass is 335 g/mol. The zero-order valence-corrected chi connectivity index (χ0v) is 11.7. The molecule has 0 aliphatic heterocycles. The Kier molecular flexibility index (Phi) is 4.09. The number of nitrogens with one attached hydrogen (secondary N) is 1. The summed E-state index contributed by atoms with van der Waals surface area (Å²) in [4.78, 5) is 0. The van der Waals surface area contributed by atoms with E-state index in [1.807, 2.05) is 11.4 Å². The van der Waals surface area contributed by atoms with Crippen LogP contribution in [0.25, 0.3) is 0 Å². The van der Waals surface area contributed by atoms with E-state index in [0.717, 1.165) is 15.4 Å². The third-order valence-electron chi connectivity index (χ3n) is 2.59. The van der Waals surface area contributed by atoms with E-state index >= 15 is 0 Å². The van der Waals surface area contributed by atoms with Crippen molar-refractivity contribution in [2.45, 2.75) is 6.04 Å². The summed E-state index contributed by atoms with van der Waals surface area (Å²) in [7, 11) is 1.64. The molecule has 0 bridgehead atoms. The fraction of sp³-hybridized carbons (Fsp3) is 0.167. The Bertz CT molecular complexity index is 570. The van der Waals surface area contributed by atoms with Gasteiger partial charge in [0.25, 0.3) is 0 Å². The number of halogens is 4. The summed E-state index contributed by atoms with van der Waals surface area (Å²) < 4.78 is 40.7. The van der Waals surface area contributed by atoms with Gasteiger partial charge in [0.2, 0.25) is 0 Å². The van der Waals surface area contributed by atoms with Crippen molar-refractivity contribution in [3.8, 4) is 0 Å². The average Bonchev–Trinajstić information content (AvgIpc) is 2.77. The summed E-state index contributed by atoms with van der Waals surface area (Å²) in [6, 6.07) is 3.48. The van der Waals surface area contributed by atoms with Crippen LogP contribution in [0.5, 0.6) is 0 Å². The highest BCUT2D eigenvalue weighted by Gasteiger charge is 2.21. The summed E-state index contributed by atoms with van der Waals surface area (Å²) in [6.45, 7) is 0. The van der Waals surface area contributed by atoms with Gasteiger partial charge in [-0.1, -0.05) is 6.07 Å². The van der Waals surface area contributed by atoms with Crippen LogP contribution in [-0.4, -0.2) is 7.05 Å². The molecule has 1 unspecified atom stereocenters. The van der Waals surface area contributed by atoms with Crippen LogP contribution in [0.3, 0.4) is 0 Å². The lowest BCUT2D eigenvalue weighted by Crippen LogP contribution is -2.19. The largest absolute Gasteiger partial charge is 0.309 e. The molecule has 1 N–H and O–H groups in total. The minimum atomic E-state index is -1.44. The van der Waals surface area contributed by atoms with E-state index in [-0.39, 0.29) is 5.56 Å². The molecule has 1 atom stereocenters. The van der Waals surface area contributed by atoms with Crippen LogP contribution >= 0.6 is 27.3 Å². The Hall–Kier alpha value is -0.850. The summed E-state index contributed by atoms with van der Waals surface area (Å²) in [5.74, 6) is -3.78. The molecule has 1 nitrogen and oxygen atoms in total. The minimum absolute atomic E-state index is 0.0849. The second kappa shape index (κ2) is 5.42. The van der Waals surface area contributed by atoms with Crippen molar-refractivity contribution >= 4 is 27.3 Å². The van der Waals surface area contributed by atoms with Gasteiger partial charge in [-0.25, -0.2) is 13.2 Å². The van der Waals surface area contributed by atoms with Gasteiger partial charge < -0.3 is 5.32 Å². The summed E-state index contributed by atoms with van der Waals surface area (Å²) in [6.07, 6.45) is 0. The quantitative estimate of drug-likeness (QED) is 0.827. The fourth-order valence-electron chi connectivity index (χ4n) is 1.74. The van der Waals surface area contributed by atoms with E-state index in [0.29, 0.717) is 0 Å². The van der Waals surface area contributed by atoms with Crippen molar-refractivity contribution in [1.29, 1.82) is 0 Å². The molecule has 2 aromatic rings. The fourth-order valence-corrected chi connectivity index (χ4v) is 2.94. The van der Waals surface area contributed by atoms with Gasteiger partial charge in [0, 0.05) is 5.56 Å². The lowest BCUT2D eigenvalue weighted by molar-refractivity contribution is 0.435. The molecule has 0 spiro atoms. The maximum atomic E-state index is 13.7. The van der Waals surface area contributed by atoms with Crippen LogP contribution in [0.1, 0.15) is 17.2 Å². The topological polar surface area (TPSA) is 12.0 Å². The number of thiophene rings is 1. The molecule has 0 saturated heterocycles. The molecule has 0 fully saturated rings. The second-order valence-electron chi connectivity index (χ2n) is 3.67. The standard InChI is InChI=1S/C12H9BrF3NS/c1-17-12(6-4-9(13)18-5-6)7-2-3-8(14)11(16)10(7)15/h2-5,12,17H,1H3. The normalized spacial score (nSPS) is 12.7. The van der Waals surface area contributed by atoms with E-state index in [9.17, 15) is 13.2 Å². The Balaban J connectivity index is 2.49. The zero-order valence-electron chi connectivity index (χ0n) is 9.31. The Labute approximate surface area is 115 Å². The number of hydrogen-bond donors (Lipinski definition) is 1. The van der Waals surface area contributed by atoms with Crippen LogP contribution in [-0.2, 0) is 0 Å². The van der Waals surface area contributed by atoms with Crippen LogP contribution in [0.2, 0.25) is 0 Å². The molecule has 0 radical (unpaired) electrons. The molecule has 1 aromatic carbocycles. The first kappa shape index (κ1) is 13.6. The molecule has 0 aliphatic rings. The molecule has 18 heavy (non-hydrogen) atoms. The van der Waals surface area contributed by atoms with Crippen LogP contribution in [0, 0.1) is 17.5 Å². The molecule has 96 valence electrons. The van der Waals surface area contributed by atoms with Crippen molar-refractivity contribution in [2.24, 2.45) is 0 Å². The Morgan fingerprint density at radius 3 is 2.50 bits per heavy atom. The lowest BCUT2D eigenvalue weighted by atomic mass is 10.0. The van der Waals surface area contributed by atoms with Crippen LogP contribution < -0.4 is 5.32 Å². The van der Waals surface area contributed by atoms with Gasteiger partial charge >= 0.3 is 0 Å². The predicted molar refractivity (Wildman–Crippen MR) is 69.2 cm³/mol. The molecule has 0 amide bonds. The smallest absolute Gasteiger partial charge is 0.194 e. The van der Waals surface area contributed by atoms with Crippen molar-refractivity contribution < 1.29 is 13.2 Å². The van der Waals surface area contributed by atoms with Gasteiger partial charge in [-0.15, -0.1) is 11.3 Å². The summed E-state index contributed by atoms with van der Waals surface area (Å²) in [5.41, 5.74) is 0.876. The van der Waals surface area contributed by atoms with Crippen LogP contribution in [0.15, 0.2) is 27.4 Å². The molecular weight excluding hydrogens is 327 g/mol. The molecule has 1 aromatic heterocycles. The summed E-state index contributed by atoms with van der Waals surface area (Å²) in [5, 5.41) is 4.72. The Morgan fingerprint density at radius 1 is 1.22 bits per heavy atom. The van der Waals surface area contributed by atoms with E-state index in [2.05, 4.69) is 21.2 Å². The highest BCUT2D eigenvalue weighted by atomic mass is 79.9. The summed E-state index contributed by atoms with van der Waals surface area (Å²) >= 11 is 4.75. The van der Waals surface area contributed by atoms with Gasteiger partial charge in [-0.05, 0) is 46.1 Å². The highest BCUT2D eigenvalue weighted by molar-refractivity contribution is 9.11. The van der Waals surface area contributed by atoms with E-state index in [1.165, 1.54) is 17.4 Å². The molecule has 0 aliphatic carbocycles. The second-order valence-corrected chi connectivity index (χ2v) is 5.96. The molecule has 0 saturated carbocycles. The number of rotatable bonds is 3. The highest BCUT2D eigenvalue weighted by Crippen LogP contribution is 2.31. The third kappa shape index (κ3) is 2.46. The van der Waals surface area contributed by atoms with Gasteiger partial charge in [0.15, 0.2) is 17.5 Å². The first-order chi connectivity index (χ1) is 8.54. The molecule has 6 heteroatoms. The number of benzene rings is 1. The van der Waals surface area contributed by atoms with Crippen molar-refractivity contribution in [1.82, 2.24) is 5.32 Å². The first-order valence-corrected chi connectivity index (χ1v) is 6.76. The van der Waals surface area contributed by atoms with Gasteiger partial charge in [-0.2, -0.15) is 0 Å². The molecule has 2 rings (SSSR count). The maximum Gasteiger partial charge on any atom is 0.194 e. The lowest BCUT2D eigenvalue weighted by Gasteiger charge is -2.16. The maximum absolute atomic E-state index is 13.7. The van der Waals surface area contributed by atoms with Gasteiger partial charge in [0.1, 0.15) is 0 Å². The molecule has 1 heterocycles. The zero-order chi connectivity index (χ0) is 13.3. The Morgan fingerprint density at radius 2 is 1.94 bits per heavy atom. The minimum Gasteiger partial charge on any atom is -0.309 e. The van der Waals surface area contributed by atoms with Crippen molar-refractivity contribution in [3.05, 3.63) is 55.9 Å².